The van der Waals surface area contributed by atoms with Crippen LogP contribution in [0.3, 0.4) is 0 Å². The molecule has 220 valence electrons. The number of rotatable bonds is 8. The normalized spacial score (nSPS) is 22.0. The second-order valence-electron chi connectivity index (χ2n) is 10.8. The molecule has 0 aliphatic carbocycles. The second-order valence-corrected chi connectivity index (χ2v) is 10.8. The molecule has 10 heteroatoms. The van der Waals surface area contributed by atoms with Gasteiger partial charge in [0.05, 0.1) is 23.3 Å². The van der Waals surface area contributed by atoms with Crippen molar-refractivity contribution in [1.82, 2.24) is 20.5 Å². The first-order valence-electron chi connectivity index (χ1n) is 14.2. The maximum absolute atomic E-state index is 15.2. The molecule has 2 aliphatic rings. The van der Waals surface area contributed by atoms with E-state index in [4.69, 9.17) is 4.74 Å². The Morgan fingerprint density at radius 1 is 1.05 bits per heavy atom. The summed E-state index contributed by atoms with van der Waals surface area (Å²) in [5.74, 6) is -2.41. The highest BCUT2D eigenvalue weighted by Gasteiger charge is 2.39. The fourth-order valence-corrected chi connectivity index (χ4v) is 6.03. The molecule has 3 aromatic rings. The molecule has 42 heavy (non-hydrogen) atoms. The Kier molecular flexibility index (Phi) is 9.03. The van der Waals surface area contributed by atoms with Gasteiger partial charge in [-0.25, -0.2) is 13.6 Å². The van der Waals surface area contributed by atoms with Crippen molar-refractivity contribution >= 4 is 17.7 Å². The highest BCUT2D eigenvalue weighted by molar-refractivity contribution is 6.02. The van der Waals surface area contributed by atoms with Crippen LogP contribution in [0.5, 0.6) is 5.75 Å². The summed E-state index contributed by atoms with van der Waals surface area (Å²) in [6.45, 7) is 4.83. The smallest absolute Gasteiger partial charge is 0.410 e. The van der Waals surface area contributed by atoms with Crippen LogP contribution in [0, 0.1) is 17.6 Å². The van der Waals surface area contributed by atoms with Crippen LogP contribution >= 0.6 is 0 Å². The number of hydrogen-bond donors (Lipinski definition) is 2. The van der Waals surface area contributed by atoms with Gasteiger partial charge in [-0.15, -0.1) is 0 Å². The Balaban J connectivity index is 1.46. The molecule has 0 spiro atoms. The Labute approximate surface area is 243 Å². The van der Waals surface area contributed by atoms with E-state index in [2.05, 4.69) is 15.6 Å². The van der Waals surface area contributed by atoms with Crippen LogP contribution < -0.4 is 15.4 Å². The fraction of sp³-hybridized carbons (Fsp3) is 0.375. The molecule has 2 aromatic carbocycles. The second kappa shape index (κ2) is 12.9. The number of Topliss-reactive ketones (excluding diaryl/α,β-unsaturated/α-hetero) is 2. The van der Waals surface area contributed by atoms with Gasteiger partial charge in [0.2, 0.25) is 0 Å². The minimum atomic E-state index is -0.740. The van der Waals surface area contributed by atoms with Crippen molar-refractivity contribution in [3.8, 4) is 5.75 Å². The molecule has 8 nitrogen and oxygen atoms in total. The summed E-state index contributed by atoms with van der Waals surface area (Å²) in [4.78, 5) is 45.7. The van der Waals surface area contributed by atoms with E-state index in [1.165, 1.54) is 43.3 Å². The van der Waals surface area contributed by atoms with Crippen LogP contribution in [0.1, 0.15) is 70.6 Å². The highest BCUT2D eigenvalue weighted by atomic mass is 19.1. The zero-order chi connectivity index (χ0) is 29.8. The van der Waals surface area contributed by atoms with Crippen molar-refractivity contribution in [2.24, 2.45) is 5.92 Å². The number of nitrogens with one attached hydrogen (secondary N) is 2. The van der Waals surface area contributed by atoms with E-state index in [1.54, 1.807) is 11.1 Å². The minimum Gasteiger partial charge on any atom is -0.410 e. The van der Waals surface area contributed by atoms with Crippen LogP contribution in [0.2, 0.25) is 0 Å². The van der Waals surface area contributed by atoms with Crippen LogP contribution in [0.25, 0.3) is 0 Å². The molecular formula is C32H34F2N4O4. The van der Waals surface area contributed by atoms with Crippen molar-refractivity contribution < 1.29 is 27.9 Å². The zero-order valence-corrected chi connectivity index (χ0v) is 23.6. The van der Waals surface area contributed by atoms with E-state index >= 15 is 4.39 Å². The average Bonchev–Trinajstić information content (AvgIpc) is 3.47. The summed E-state index contributed by atoms with van der Waals surface area (Å²) in [5, 5.41) is 6.71. The summed E-state index contributed by atoms with van der Waals surface area (Å²) in [7, 11) is 0. The summed E-state index contributed by atoms with van der Waals surface area (Å²) in [6, 6.07) is 12.9. The molecular weight excluding hydrogens is 542 g/mol. The number of piperidine rings is 1. The Morgan fingerprint density at radius 3 is 2.52 bits per heavy atom. The molecule has 0 bridgehead atoms. The largest absolute Gasteiger partial charge is 0.415 e. The van der Waals surface area contributed by atoms with Crippen LogP contribution in [0.4, 0.5) is 13.6 Å². The van der Waals surface area contributed by atoms with Crippen molar-refractivity contribution in [3.05, 3.63) is 94.8 Å². The first-order valence-corrected chi connectivity index (χ1v) is 14.2. The summed E-state index contributed by atoms with van der Waals surface area (Å²) in [6.07, 6.45) is 2.17. The Bertz CT molecular complexity index is 1450. The lowest BCUT2D eigenvalue weighted by Gasteiger charge is -2.33. The van der Waals surface area contributed by atoms with Gasteiger partial charge >= 0.3 is 6.09 Å². The minimum absolute atomic E-state index is 0.0965. The van der Waals surface area contributed by atoms with Gasteiger partial charge < -0.3 is 20.3 Å². The predicted molar refractivity (Wildman–Crippen MR) is 153 cm³/mol. The molecule has 0 saturated carbocycles. The Hall–Kier alpha value is -4.02. The van der Waals surface area contributed by atoms with E-state index in [0.29, 0.717) is 44.6 Å². The summed E-state index contributed by atoms with van der Waals surface area (Å²) < 4.78 is 34.1. The zero-order valence-electron chi connectivity index (χ0n) is 23.6. The number of ether oxygens (including phenoxy) is 1. The lowest BCUT2D eigenvalue weighted by molar-refractivity contribution is 0.0874. The lowest BCUT2D eigenvalue weighted by Crippen LogP contribution is -2.45. The molecule has 2 fully saturated rings. The first-order chi connectivity index (χ1) is 20.3. The number of aromatic nitrogens is 1. The van der Waals surface area contributed by atoms with E-state index in [9.17, 15) is 18.8 Å². The third-order valence-electron chi connectivity index (χ3n) is 8.18. The van der Waals surface area contributed by atoms with E-state index < -0.39 is 35.5 Å². The van der Waals surface area contributed by atoms with Crippen molar-refractivity contribution in [1.29, 1.82) is 0 Å². The molecule has 3 heterocycles. The van der Waals surface area contributed by atoms with Gasteiger partial charge in [0.25, 0.3) is 0 Å². The molecule has 2 saturated heterocycles. The topological polar surface area (TPSA) is 101 Å². The molecule has 4 atom stereocenters. The SMILES string of the molecule is CCN(C(=O)Oc1ccc(F)cc1)[C@@H]1CNC[C@H]1c1cc(C(C)=O)c(F)cc1C(=O)C1CCNC(c2ccccn2)C1. The number of hydrogen-bond acceptors (Lipinski definition) is 7. The highest BCUT2D eigenvalue weighted by Crippen LogP contribution is 2.36. The molecule has 1 amide bonds. The van der Waals surface area contributed by atoms with Crippen molar-refractivity contribution in [2.45, 2.75) is 44.7 Å². The van der Waals surface area contributed by atoms with Gasteiger partial charge in [-0.1, -0.05) is 6.07 Å². The molecule has 2 aliphatic heterocycles. The Morgan fingerprint density at radius 2 is 1.83 bits per heavy atom. The number of nitrogens with zero attached hydrogens (tertiary/aromatic N) is 2. The van der Waals surface area contributed by atoms with Crippen LogP contribution in [-0.4, -0.2) is 59.8 Å². The third-order valence-corrected chi connectivity index (χ3v) is 8.18. The predicted octanol–water partition coefficient (Wildman–Crippen LogP) is 5.06. The summed E-state index contributed by atoms with van der Waals surface area (Å²) in [5.41, 5.74) is 1.50. The van der Waals surface area contributed by atoms with E-state index in [0.717, 1.165) is 5.69 Å². The first kappa shape index (κ1) is 29.5. The maximum Gasteiger partial charge on any atom is 0.415 e. The van der Waals surface area contributed by atoms with Gasteiger partial charge in [0.15, 0.2) is 11.6 Å². The van der Waals surface area contributed by atoms with Gasteiger partial charge in [0.1, 0.15) is 17.4 Å². The molecule has 1 aromatic heterocycles. The van der Waals surface area contributed by atoms with E-state index in [-0.39, 0.29) is 34.6 Å². The average molecular weight is 577 g/mol. The van der Waals surface area contributed by atoms with Crippen LogP contribution in [-0.2, 0) is 0 Å². The number of ketones is 2. The molecule has 5 rings (SSSR count). The van der Waals surface area contributed by atoms with Gasteiger partial charge in [0, 0.05) is 43.2 Å². The molecule has 2 N–H and O–H groups in total. The fourth-order valence-electron chi connectivity index (χ4n) is 6.03. The number of amides is 1. The van der Waals surface area contributed by atoms with Gasteiger partial charge in [-0.05, 0) is 87.3 Å². The monoisotopic (exact) mass is 576 g/mol. The number of carbonyl (C=O) groups is 3. The summed E-state index contributed by atoms with van der Waals surface area (Å²) >= 11 is 0. The standard InChI is InChI=1S/C32H34F2N4O4/c1-3-38(32(41)42-22-9-7-21(33)8-10-22)30-18-35-17-26(30)24-15-23(19(2)39)27(34)16-25(24)31(40)20-11-13-37-29(14-20)28-6-4-5-12-36-28/h4-10,12,15-16,20,26,29-30,35,37H,3,11,13-14,17-18H2,1-2H3/t20?,26-,29?,30+/m0/s1. The van der Waals surface area contributed by atoms with Crippen molar-refractivity contribution in [2.75, 3.05) is 26.2 Å². The number of likely N-dealkylation sites (N-methyl/N-ethyl adjacent to an activating group) is 1. The quantitative estimate of drug-likeness (QED) is 0.362. The van der Waals surface area contributed by atoms with Crippen LogP contribution in [0.15, 0.2) is 60.8 Å². The maximum atomic E-state index is 15.2. The number of benzene rings is 2. The number of carbonyl (C=O) groups excluding carboxylic acids is 3. The van der Waals surface area contributed by atoms with Gasteiger partial charge in [-0.2, -0.15) is 0 Å². The molecule has 0 radical (unpaired) electrons. The lowest BCUT2D eigenvalue weighted by atomic mass is 9.80. The van der Waals surface area contributed by atoms with Gasteiger partial charge in [-0.3, -0.25) is 14.6 Å². The number of halogens is 2. The molecule has 2 unspecified atom stereocenters. The van der Waals surface area contributed by atoms with Crippen molar-refractivity contribution in [3.63, 3.8) is 0 Å². The number of pyridine rings is 1. The van der Waals surface area contributed by atoms with E-state index in [1.807, 2.05) is 25.1 Å². The third kappa shape index (κ3) is 6.24.